The van der Waals surface area contributed by atoms with E-state index < -0.39 is 10.0 Å². The Hall–Kier alpha value is -0.130. The second-order valence-electron chi connectivity index (χ2n) is 5.59. The Labute approximate surface area is 112 Å². The van der Waals surface area contributed by atoms with Gasteiger partial charge in [0.25, 0.3) is 0 Å². The van der Waals surface area contributed by atoms with Gasteiger partial charge in [-0.3, -0.25) is 0 Å². The molecule has 1 rings (SSSR count). The molecule has 0 atom stereocenters. The highest BCUT2D eigenvalue weighted by atomic mass is 32.2. The molecule has 1 saturated carbocycles. The molecule has 0 aromatic carbocycles. The number of hydrogen-bond acceptors (Lipinski definition) is 3. The Morgan fingerprint density at radius 3 is 2.39 bits per heavy atom. The van der Waals surface area contributed by atoms with Gasteiger partial charge in [0.05, 0.1) is 5.75 Å². The molecule has 108 valence electrons. The second-order valence-corrected chi connectivity index (χ2v) is 7.46. The van der Waals surface area contributed by atoms with Crippen LogP contribution in [-0.4, -0.2) is 32.8 Å². The molecule has 0 aliphatic heterocycles. The van der Waals surface area contributed by atoms with E-state index in [1.165, 1.54) is 6.42 Å². The summed E-state index contributed by atoms with van der Waals surface area (Å²) in [7, 11) is -3.06. The Balaban J connectivity index is 2.14. The van der Waals surface area contributed by atoms with Gasteiger partial charge in [0, 0.05) is 12.1 Å². The SMILES string of the molecule is CC(C)NCCCCS(=O)(=O)NC1CCCCC1. The number of nitrogens with one attached hydrogen (secondary N) is 2. The van der Waals surface area contributed by atoms with Crippen molar-refractivity contribution in [1.29, 1.82) is 0 Å². The van der Waals surface area contributed by atoms with Crippen molar-refractivity contribution in [2.75, 3.05) is 12.3 Å². The molecule has 1 aliphatic carbocycles. The van der Waals surface area contributed by atoms with E-state index in [1.54, 1.807) is 0 Å². The predicted octanol–water partition coefficient (Wildman–Crippen LogP) is 2.02. The minimum atomic E-state index is -3.06. The van der Waals surface area contributed by atoms with Crippen LogP contribution >= 0.6 is 0 Å². The predicted molar refractivity (Wildman–Crippen MR) is 76.2 cm³/mol. The van der Waals surface area contributed by atoms with Gasteiger partial charge in [0.2, 0.25) is 10.0 Å². The van der Waals surface area contributed by atoms with Gasteiger partial charge in [-0.15, -0.1) is 0 Å². The molecule has 0 unspecified atom stereocenters. The van der Waals surface area contributed by atoms with Crippen molar-refractivity contribution in [3.8, 4) is 0 Å². The van der Waals surface area contributed by atoms with Gasteiger partial charge < -0.3 is 5.32 Å². The Kier molecular flexibility index (Phi) is 7.19. The van der Waals surface area contributed by atoms with Crippen LogP contribution in [0.4, 0.5) is 0 Å². The maximum absolute atomic E-state index is 11.9. The zero-order valence-electron chi connectivity index (χ0n) is 11.7. The lowest BCUT2D eigenvalue weighted by molar-refractivity contribution is 0.411. The van der Waals surface area contributed by atoms with Gasteiger partial charge in [-0.25, -0.2) is 13.1 Å². The molecule has 0 spiro atoms. The smallest absolute Gasteiger partial charge is 0.211 e. The summed E-state index contributed by atoms with van der Waals surface area (Å²) < 4.78 is 26.6. The molecular weight excluding hydrogens is 248 g/mol. The largest absolute Gasteiger partial charge is 0.315 e. The van der Waals surface area contributed by atoms with Crippen LogP contribution in [0.5, 0.6) is 0 Å². The first-order chi connectivity index (χ1) is 8.49. The summed E-state index contributed by atoms with van der Waals surface area (Å²) in [6.07, 6.45) is 7.24. The fraction of sp³-hybridized carbons (Fsp3) is 1.00. The van der Waals surface area contributed by atoms with Crippen LogP contribution in [0.2, 0.25) is 0 Å². The molecule has 2 N–H and O–H groups in total. The third-order valence-corrected chi connectivity index (χ3v) is 4.86. The fourth-order valence-corrected chi connectivity index (χ4v) is 3.79. The molecule has 5 heteroatoms. The highest BCUT2D eigenvalue weighted by Crippen LogP contribution is 2.18. The minimum Gasteiger partial charge on any atom is -0.315 e. The van der Waals surface area contributed by atoms with Gasteiger partial charge >= 0.3 is 0 Å². The van der Waals surface area contributed by atoms with Gasteiger partial charge in [-0.2, -0.15) is 0 Å². The van der Waals surface area contributed by atoms with Crippen molar-refractivity contribution in [3.05, 3.63) is 0 Å². The molecular formula is C13H28N2O2S. The van der Waals surface area contributed by atoms with Crippen LogP contribution in [0, 0.1) is 0 Å². The molecule has 0 radical (unpaired) electrons. The molecule has 0 saturated heterocycles. The van der Waals surface area contributed by atoms with Crippen LogP contribution in [0.25, 0.3) is 0 Å². The Bertz CT molecular complexity index is 309. The van der Waals surface area contributed by atoms with Gasteiger partial charge in [0.1, 0.15) is 0 Å². The highest BCUT2D eigenvalue weighted by Gasteiger charge is 2.19. The molecule has 4 nitrogen and oxygen atoms in total. The summed E-state index contributed by atoms with van der Waals surface area (Å²) in [6, 6.07) is 0.666. The lowest BCUT2D eigenvalue weighted by atomic mass is 9.96. The number of sulfonamides is 1. The molecule has 1 aliphatic rings. The van der Waals surface area contributed by atoms with E-state index in [1.807, 2.05) is 0 Å². The fourth-order valence-electron chi connectivity index (χ4n) is 2.34. The standard InChI is InChI=1S/C13H28N2O2S/c1-12(2)14-10-6-7-11-18(16,17)15-13-8-4-3-5-9-13/h12-15H,3-11H2,1-2H3. The van der Waals surface area contributed by atoms with Gasteiger partial charge in [-0.1, -0.05) is 33.1 Å². The van der Waals surface area contributed by atoms with Crippen molar-refractivity contribution in [1.82, 2.24) is 10.0 Å². The quantitative estimate of drug-likeness (QED) is 0.667. The normalized spacial score (nSPS) is 18.4. The summed E-state index contributed by atoms with van der Waals surface area (Å²) in [5.41, 5.74) is 0. The summed E-state index contributed by atoms with van der Waals surface area (Å²) in [5.74, 6) is 0.267. The maximum Gasteiger partial charge on any atom is 0.211 e. The van der Waals surface area contributed by atoms with Crippen LogP contribution in [0.1, 0.15) is 58.8 Å². The first kappa shape index (κ1) is 15.9. The van der Waals surface area contributed by atoms with Crippen molar-refractivity contribution in [3.63, 3.8) is 0 Å². The zero-order chi connectivity index (χ0) is 13.4. The molecule has 18 heavy (non-hydrogen) atoms. The van der Waals surface area contributed by atoms with Crippen molar-refractivity contribution < 1.29 is 8.42 Å². The second kappa shape index (κ2) is 8.12. The van der Waals surface area contributed by atoms with E-state index in [0.29, 0.717) is 6.04 Å². The zero-order valence-corrected chi connectivity index (χ0v) is 12.6. The van der Waals surface area contributed by atoms with E-state index in [9.17, 15) is 8.42 Å². The Morgan fingerprint density at radius 2 is 1.78 bits per heavy atom. The Morgan fingerprint density at radius 1 is 1.11 bits per heavy atom. The first-order valence-electron chi connectivity index (χ1n) is 7.23. The summed E-state index contributed by atoms with van der Waals surface area (Å²) in [4.78, 5) is 0. The maximum atomic E-state index is 11.9. The highest BCUT2D eigenvalue weighted by molar-refractivity contribution is 7.89. The molecule has 0 heterocycles. The van der Waals surface area contributed by atoms with Crippen LogP contribution in [-0.2, 0) is 10.0 Å². The third-order valence-electron chi connectivity index (χ3n) is 3.34. The average Bonchev–Trinajstić information content (AvgIpc) is 2.28. The average molecular weight is 276 g/mol. The summed E-state index contributed by atoms with van der Waals surface area (Å²) in [6.45, 7) is 5.10. The number of rotatable bonds is 8. The van der Waals surface area contributed by atoms with E-state index >= 15 is 0 Å². The van der Waals surface area contributed by atoms with E-state index in [0.717, 1.165) is 45.1 Å². The van der Waals surface area contributed by atoms with Crippen molar-refractivity contribution in [2.45, 2.75) is 70.9 Å². The van der Waals surface area contributed by atoms with Gasteiger partial charge in [0.15, 0.2) is 0 Å². The van der Waals surface area contributed by atoms with Gasteiger partial charge in [-0.05, 0) is 32.2 Å². The lowest BCUT2D eigenvalue weighted by Crippen LogP contribution is -2.37. The molecule has 0 bridgehead atoms. The van der Waals surface area contributed by atoms with E-state index in [4.69, 9.17) is 0 Å². The van der Waals surface area contributed by atoms with Crippen molar-refractivity contribution in [2.24, 2.45) is 0 Å². The summed E-state index contributed by atoms with van der Waals surface area (Å²) >= 11 is 0. The minimum absolute atomic E-state index is 0.192. The molecule has 1 fully saturated rings. The lowest BCUT2D eigenvalue weighted by Gasteiger charge is -2.22. The topological polar surface area (TPSA) is 58.2 Å². The molecule has 0 aromatic rings. The summed E-state index contributed by atoms with van der Waals surface area (Å²) in [5, 5.41) is 3.30. The van der Waals surface area contributed by atoms with Crippen molar-refractivity contribution >= 4 is 10.0 Å². The van der Waals surface area contributed by atoms with Crippen LogP contribution < -0.4 is 10.0 Å². The van der Waals surface area contributed by atoms with Crippen LogP contribution in [0.3, 0.4) is 0 Å². The molecule has 0 amide bonds. The van der Waals surface area contributed by atoms with E-state index in [-0.39, 0.29) is 11.8 Å². The first-order valence-corrected chi connectivity index (χ1v) is 8.88. The van der Waals surface area contributed by atoms with Crippen LogP contribution in [0.15, 0.2) is 0 Å². The molecule has 0 aromatic heterocycles. The number of hydrogen-bond donors (Lipinski definition) is 2. The van der Waals surface area contributed by atoms with E-state index in [2.05, 4.69) is 23.9 Å². The number of unbranched alkanes of at least 4 members (excludes halogenated alkanes) is 1. The third kappa shape index (κ3) is 7.34. The monoisotopic (exact) mass is 276 g/mol.